The SMILES string of the molecule is CC(=O)OC[C@H]1O[C@@H](Cl)CC1OC(C)=O. The number of halogens is 1. The van der Waals surface area contributed by atoms with Crippen molar-refractivity contribution in [3.63, 3.8) is 0 Å². The topological polar surface area (TPSA) is 61.8 Å². The van der Waals surface area contributed by atoms with Gasteiger partial charge in [0.25, 0.3) is 0 Å². The molecule has 0 radical (unpaired) electrons. The first-order valence-electron chi connectivity index (χ1n) is 4.59. The van der Waals surface area contributed by atoms with Gasteiger partial charge in [-0.25, -0.2) is 0 Å². The lowest BCUT2D eigenvalue weighted by molar-refractivity contribution is -0.154. The van der Waals surface area contributed by atoms with E-state index in [1.807, 2.05) is 0 Å². The Morgan fingerprint density at radius 1 is 1.40 bits per heavy atom. The maximum Gasteiger partial charge on any atom is 0.302 e. The lowest BCUT2D eigenvalue weighted by Crippen LogP contribution is -2.31. The molecule has 1 saturated heterocycles. The largest absolute Gasteiger partial charge is 0.463 e. The number of hydrogen-bond acceptors (Lipinski definition) is 5. The zero-order chi connectivity index (χ0) is 11.4. The van der Waals surface area contributed by atoms with Crippen LogP contribution in [0.15, 0.2) is 0 Å². The minimum absolute atomic E-state index is 0.0521. The minimum atomic E-state index is -0.505. The molecule has 6 heteroatoms. The maximum atomic E-state index is 10.8. The number of esters is 2. The molecular formula is C9H13ClO5. The Kier molecular flexibility index (Phi) is 4.35. The van der Waals surface area contributed by atoms with Gasteiger partial charge < -0.3 is 14.2 Å². The van der Waals surface area contributed by atoms with Crippen LogP contribution in [0.3, 0.4) is 0 Å². The number of carbonyl (C=O) groups excluding carboxylic acids is 2. The molecule has 0 aromatic carbocycles. The average Bonchev–Trinajstić information content (AvgIpc) is 2.41. The van der Waals surface area contributed by atoms with E-state index in [9.17, 15) is 9.59 Å². The molecule has 0 spiro atoms. The van der Waals surface area contributed by atoms with Crippen LogP contribution in [0.1, 0.15) is 20.3 Å². The highest BCUT2D eigenvalue weighted by Gasteiger charge is 2.37. The van der Waals surface area contributed by atoms with Gasteiger partial charge in [0, 0.05) is 20.3 Å². The van der Waals surface area contributed by atoms with E-state index in [4.69, 9.17) is 25.8 Å². The van der Waals surface area contributed by atoms with Crippen molar-refractivity contribution in [1.82, 2.24) is 0 Å². The van der Waals surface area contributed by atoms with Crippen molar-refractivity contribution >= 4 is 23.5 Å². The maximum absolute atomic E-state index is 10.8. The molecule has 0 aliphatic carbocycles. The summed E-state index contributed by atoms with van der Waals surface area (Å²) in [6, 6.07) is 0. The van der Waals surface area contributed by atoms with Crippen LogP contribution in [-0.4, -0.2) is 36.3 Å². The Morgan fingerprint density at radius 3 is 2.60 bits per heavy atom. The van der Waals surface area contributed by atoms with E-state index < -0.39 is 29.7 Å². The molecule has 0 amide bonds. The molecule has 86 valence electrons. The molecule has 15 heavy (non-hydrogen) atoms. The predicted octanol–water partition coefficient (Wildman–Crippen LogP) is 0.835. The third kappa shape index (κ3) is 4.05. The van der Waals surface area contributed by atoms with E-state index in [2.05, 4.69) is 0 Å². The first kappa shape index (κ1) is 12.3. The molecule has 1 unspecified atom stereocenters. The monoisotopic (exact) mass is 236 g/mol. The van der Waals surface area contributed by atoms with Gasteiger partial charge in [-0.1, -0.05) is 11.6 Å². The van der Waals surface area contributed by atoms with Crippen LogP contribution in [-0.2, 0) is 23.8 Å². The van der Waals surface area contributed by atoms with Crippen molar-refractivity contribution in [3.8, 4) is 0 Å². The van der Waals surface area contributed by atoms with Gasteiger partial charge in [0.1, 0.15) is 24.4 Å². The molecule has 0 aromatic rings. The summed E-state index contributed by atoms with van der Waals surface area (Å²) in [5.74, 6) is -0.805. The third-order valence-electron chi connectivity index (χ3n) is 1.92. The molecule has 1 aliphatic heterocycles. The third-order valence-corrected chi connectivity index (χ3v) is 2.20. The van der Waals surface area contributed by atoms with E-state index >= 15 is 0 Å². The zero-order valence-electron chi connectivity index (χ0n) is 8.57. The van der Waals surface area contributed by atoms with Gasteiger partial charge >= 0.3 is 11.9 Å². The Bertz CT molecular complexity index is 255. The summed E-state index contributed by atoms with van der Waals surface area (Å²) in [6.07, 6.45) is -0.503. The first-order valence-corrected chi connectivity index (χ1v) is 5.03. The fourth-order valence-electron chi connectivity index (χ4n) is 1.35. The van der Waals surface area contributed by atoms with E-state index in [-0.39, 0.29) is 6.61 Å². The number of carbonyl (C=O) groups is 2. The van der Waals surface area contributed by atoms with Crippen molar-refractivity contribution in [1.29, 1.82) is 0 Å². The summed E-state index contributed by atoms with van der Waals surface area (Å²) in [5.41, 5.74) is -0.505. The Balaban J connectivity index is 2.45. The van der Waals surface area contributed by atoms with E-state index in [0.717, 1.165) is 0 Å². The van der Waals surface area contributed by atoms with Gasteiger partial charge in [0.05, 0.1) is 0 Å². The molecule has 0 N–H and O–H groups in total. The van der Waals surface area contributed by atoms with E-state index in [1.165, 1.54) is 13.8 Å². The van der Waals surface area contributed by atoms with Gasteiger partial charge in [-0.2, -0.15) is 0 Å². The average molecular weight is 237 g/mol. The van der Waals surface area contributed by atoms with Crippen LogP contribution in [0.5, 0.6) is 0 Å². The lowest BCUT2D eigenvalue weighted by atomic mass is 10.2. The Labute approximate surface area is 92.6 Å². The first-order chi connectivity index (χ1) is 6.99. The van der Waals surface area contributed by atoms with Gasteiger partial charge in [-0.15, -0.1) is 0 Å². The predicted molar refractivity (Wildman–Crippen MR) is 51.3 cm³/mol. The highest BCUT2D eigenvalue weighted by molar-refractivity contribution is 6.19. The molecule has 1 rings (SSSR count). The number of ether oxygens (including phenoxy) is 3. The van der Waals surface area contributed by atoms with Crippen LogP contribution in [0.4, 0.5) is 0 Å². The molecule has 0 bridgehead atoms. The van der Waals surface area contributed by atoms with Crippen LogP contribution in [0.25, 0.3) is 0 Å². The summed E-state index contributed by atoms with van der Waals surface area (Å²) in [7, 11) is 0. The normalized spacial score (nSPS) is 29.9. The number of rotatable bonds is 3. The molecular weight excluding hydrogens is 224 g/mol. The zero-order valence-corrected chi connectivity index (χ0v) is 9.32. The minimum Gasteiger partial charge on any atom is -0.463 e. The van der Waals surface area contributed by atoms with Crippen LogP contribution in [0, 0.1) is 0 Å². The van der Waals surface area contributed by atoms with Crippen molar-refractivity contribution in [2.45, 2.75) is 38.0 Å². The number of alkyl halides is 1. The second-order valence-corrected chi connectivity index (χ2v) is 3.76. The molecule has 1 aliphatic rings. The second kappa shape index (κ2) is 5.32. The van der Waals surface area contributed by atoms with E-state index in [1.54, 1.807) is 0 Å². The second-order valence-electron chi connectivity index (χ2n) is 3.27. The Morgan fingerprint density at radius 2 is 2.07 bits per heavy atom. The summed E-state index contributed by atoms with van der Waals surface area (Å²) in [6.45, 7) is 2.66. The summed E-state index contributed by atoms with van der Waals surface area (Å²) in [5, 5.41) is 0. The van der Waals surface area contributed by atoms with Crippen molar-refractivity contribution in [2.24, 2.45) is 0 Å². The Hall–Kier alpha value is -0.810. The summed E-state index contributed by atoms with van der Waals surface area (Å²) >= 11 is 5.75. The molecule has 5 nitrogen and oxygen atoms in total. The van der Waals surface area contributed by atoms with Crippen LogP contribution >= 0.6 is 11.6 Å². The lowest BCUT2D eigenvalue weighted by Gasteiger charge is -2.17. The fraction of sp³-hybridized carbons (Fsp3) is 0.778. The van der Waals surface area contributed by atoms with Crippen molar-refractivity contribution in [2.75, 3.05) is 6.61 Å². The standard InChI is InChI=1S/C9H13ClO5/c1-5(11)13-4-8-7(14-6(2)12)3-9(10)15-8/h7-9H,3-4H2,1-2H3/t7?,8-,9-/m1/s1. The summed E-state index contributed by atoms with van der Waals surface area (Å²) in [4.78, 5) is 21.4. The van der Waals surface area contributed by atoms with Gasteiger partial charge in [0.15, 0.2) is 0 Å². The van der Waals surface area contributed by atoms with Crippen LogP contribution < -0.4 is 0 Å². The molecule has 1 heterocycles. The molecule has 0 aromatic heterocycles. The molecule has 0 saturated carbocycles. The van der Waals surface area contributed by atoms with Gasteiger partial charge in [-0.3, -0.25) is 9.59 Å². The van der Waals surface area contributed by atoms with Gasteiger partial charge in [-0.05, 0) is 0 Å². The number of hydrogen-bond donors (Lipinski definition) is 0. The van der Waals surface area contributed by atoms with Crippen molar-refractivity contribution in [3.05, 3.63) is 0 Å². The molecule has 3 atom stereocenters. The van der Waals surface area contributed by atoms with Gasteiger partial charge in [0.2, 0.25) is 0 Å². The smallest absolute Gasteiger partial charge is 0.302 e. The highest BCUT2D eigenvalue weighted by Crippen LogP contribution is 2.26. The highest BCUT2D eigenvalue weighted by atomic mass is 35.5. The van der Waals surface area contributed by atoms with Crippen molar-refractivity contribution < 1.29 is 23.8 Å². The summed E-state index contributed by atoms with van der Waals surface area (Å²) < 4.78 is 15.0. The quantitative estimate of drug-likeness (QED) is 0.537. The van der Waals surface area contributed by atoms with Crippen LogP contribution in [0.2, 0.25) is 0 Å². The van der Waals surface area contributed by atoms with E-state index in [0.29, 0.717) is 6.42 Å². The fourth-order valence-corrected chi connectivity index (χ4v) is 1.66. The molecule has 1 fully saturated rings.